The number of sulfonamides is 1. The lowest BCUT2D eigenvalue weighted by atomic mass is 9.98. The summed E-state index contributed by atoms with van der Waals surface area (Å²) in [5.41, 5.74) is 0.471. The third kappa shape index (κ3) is 4.95. The Morgan fingerprint density at radius 3 is 2.39 bits per heavy atom. The molecule has 0 unspecified atom stereocenters. The Morgan fingerprint density at radius 1 is 1.06 bits per heavy atom. The van der Waals surface area contributed by atoms with Crippen LogP contribution in [0.1, 0.15) is 25.3 Å². The van der Waals surface area contributed by atoms with Crippen LogP contribution in [-0.4, -0.2) is 76.8 Å². The van der Waals surface area contributed by atoms with E-state index in [1.807, 2.05) is 32.8 Å². The Balaban J connectivity index is 2.11. The minimum Gasteiger partial charge on any atom is -0.508 e. The highest BCUT2D eigenvalue weighted by atomic mass is 32.2. The van der Waals surface area contributed by atoms with Crippen LogP contribution in [0.4, 0.5) is 0 Å². The van der Waals surface area contributed by atoms with E-state index in [1.165, 1.54) is 34.1 Å². The number of rotatable bonds is 8. The number of hydrogen-bond acceptors (Lipinski definition) is 7. The Labute approximate surface area is 192 Å². The molecule has 33 heavy (non-hydrogen) atoms. The topological polar surface area (TPSA) is 132 Å². The van der Waals surface area contributed by atoms with E-state index in [-0.39, 0.29) is 39.4 Å². The molecule has 3 rings (SSSR count). The van der Waals surface area contributed by atoms with Gasteiger partial charge >= 0.3 is 5.69 Å². The average molecular weight is 476 g/mol. The second-order valence-electron chi connectivity index (χ2n) is 8.40. The van der Waals surface area contributed by atoms with Gasteiger partial charge in [-0.15, -0.1) is 0 Å². The summed E-state index contributed by atoms with van der Waals surface area (Å²) >= 11 is 0. The SMILES string of the molecule is CC(C)c1cc(-c2n[nH]c(=O)n2-c2cccc(S(=O)(=O)N(C)CCN(C)C)c2)c(O)cc1O. The van der Waals surface area contributed by atoms with E-state index in [1.54, 1.807) is 18.2 Å². The van der Waals surface area contributed by atoms with Crippen LogP contribution in [0, 0.1) is 0 Å². The van der Waals surface area contributed by atoms with Gasteiger partial charge in [0.05, 0.1) is 16.1 Å². The molecule has 0 aliphatic carbocycles. The molecular weight excluding hydrogens is 446 g/mol. The van der Waals surface area contributed by atoms with Crippen LogP contribution in [0.5, 0.6) is 11.5 Å². The maximum Gasteiger partial charge on any atom is 0.348 e. The molecular formula is C22H29N5O5S. The summed E-state index contributed by atoms with van der Waals surface area (Å²) < 4.78 is 28.5. The fourth-order valence-electron chi connectivity index (χ4n) is 3.38. The van der Waals surface area contributed by atoms with E-state index in [4.69, 9.17) is 0 Å². The van der Waals surface area contributed by atoms with Gasteiger partial charge in [-0.05, 0) is 49.8 Å². The highest BCUT2D eigenvalue weighted by Gasteiger charge is 2.23. The number of hydrogen-bond donors (Lipinski definition) is 3. The lowest BCUT2D eigenvalue weighted by molar-refractivity contribution is 0.358. The number of benzene rings is 2. The summed E-state index contributed by atoms with van der Waals surface area (Å²) in [6.45, 7) is 4.62. The molecule has 0 fully saturated rings. The van der Waals surface area contributed by atoms with Gasteiger partial charge in [0.15, 0.2) is 5.82 Å². The van der Waals surface area contributed by atoms with Gasteiger partial charge in [-0.25, -0.2) is 22.9 Å². The zero-order valence-corrected chi connectivity index (χ0v) is 20.1. The fraction of sp³-hybridized carbons (Fsp3) is 0.364. The van der Waals surface area contributed by atoms with Gasteiger partial charge < -0.3 is 15.1 Å². The van der Waals surface area contributed by atoms with Crippen LogP contribution in [0.15, 0.2) is 46.1 Å². The number of aromatic amines is 1. The molecule has 0 aliphatic heterocycles. The van der Waals surface area contributed by atoms with Crippen molar-refractivity contribution in [2.24, 2.45) is 0 Å². The maximum atomic E-state index is 13.0. The van der Waals surface area contributed by atoms with E-state index >= 15 is 0 Å². The molecule has 0 radical (unpaired) electrons. The smallest absolute Gasteiger partial charge is 0.348 e. The number of aromatic nitrogens is 3. The first kappa shape index (κ1) is 24.5. The predicted octanol–water partition coefficient (Wildman–Crippen LogP) is 1.94. The summed E-state index contributed by atoms with van der Waals surface area (Å²) in [5.74, 6) is -0.279. The van der Waals surface area contributed by atoms with Gasteiger partial charge in [-0.2, -0.15) is 9.40 Å². The zero-order chi connectivity index (χ0) is 24.5. The third-order valence-electron chi connectivity index (χ3n) is 5.33. The van der Waals surface area contributed by atoms with Crippen LogP contribution in [0.25, 0.3) is 17.1 Å². The quantitative estimate of drug-likeness (QED) is 0.454. The molecule has 2 aromatic carbocycles. The Morgan fingerprint density at radius 2 is 1.76 bits per heavy atom. The van der Waals surface area contributed by atoms with Crippen LogP contribution in [0.2, 0.25) is 0 Å². The first-order valence-electron chi connectivity index (χ1n) is 10.4. The standard InChI is InChI=1S/C22H29N5O5S/c1-14(2)17-12-18(20(29)13-19(17)28)21-23-24-22(30)27(21)15-7-6-8-16(11-15)33(31,32)26(5)10-9-25(3)4/h6-8,11-14,28-29H,9-10H2,1-5H3,(H,24,30). The molecule has 178 valence electrons. The van der Waals surface area contributed by atoms with Gasteiger partial charge in [0.2, 0.25) is 10.0 Å². The number of aromatic hydroxyl groups is 2. The Hall–Kier alpha value is -3.15. The molecule has 3 aromatic rings. The summed E-state index contributed by atoms with van der Waals surface area (Å²) in [5, 5.41) is 27.0. The Bertz CT molecular complexity index is 1310. The van der Waals surface area contributed by atoms with Crippen molar-refractivity contribution in [2.45, 2.75) is 24.7 Å². The lowest BCUT2D eigenvalue weighted by Gasteiger charge is -2.20. The monoisotopic (exact) mass is 475 g/mol. The Kier molecular flexibility index (Phi) is 6.96. The second kappa shape index (κ2) is 9.38. The summed E-state index contributed by atoms with van der Waals surface area (Å²) in [4.78, 5) is 14.5. The van der Waals surface area contributed by atoms with Crippen molar-refractivity contribution in [3.05, 3.63) is 52.4 Å². The van der Waals surface area contributed by atoms with E-state index in [9.17, 15) is 23.4 Å². The first-order chi connectivity index (χ1) is 15.4. The van der Waals surface area contributed by atoms with Crippen molar-refractivity contribution in [3.8, 4) is 28.6 Å². The van der Waals surface area contributed by atoms with E-state index < -0.39 is 15.7 Å². The number of phenolic OH excluding ortho intramolecular Hbond substituents is 2. The van der Waals surface area contributed by atoms with E-state index in [0.717, 1.165) is 0 Å². The highest BCUT2D eigenvalue weighted by molar-refractivity contribution is 7.89. The molecule has 0 aliphatic rings. The molecule has 0 spiro atoms. The van der Waals surface area contributed by atoms with Gasteiger partial charge in [0.1, 0.15) is 11.5 Å². The van der Waals surface area contributed by atoms with Crippen molar-refractivity contribution in [1.29, 1.82) is 0 Å². The van der Waals surface area contributed by atoms with Crippen molar-refractivity contribution in [3.63, 3.8) is 0 Å². The number of nitrogens with one attached hydrogen (secondary N) is 1. The molecule has 3 N–H and O–H groups in total. The van der Waals surface area contributed by atoms with Gasteiger partial charge in [-0.1, -0.05) is 19.9 Å². The summed E-state index contributed by atoms with van der Waals surface area (Å²) in [7, 11) is 1.43. The molecule has 0 atom stereocenters. The molecule has 1 aromatic heterocycles. The fourth-order valence-corrected chi connectivity index (χ4v) is 4.58. The summed E-state index contributed by atoms with van der Waals surface area (Å²) in [6.07, 6.45) is 0. The van der Waals surface area contributed by atoms with Crippen LogP contribution in [0.3, 0.4) is 0 Å². The summed E-state index contributed by atoms with van der Waals surface area (Å²) in [6, 6.07) is 8.75. The molecule has 10 nitrogen and oxygen atoms in total. The van der Waals surface area contributed by atoms with E-state index in [0.29, 0.717) is 18.7 Å². The molecule has 1 heterocycles. The van der Waals surface area contributed by atoms with Gasteiger partial charge in [0, 0.05) is 26.2 Å². The van der Waals surface area contributed by atoms with Crippen molar-refractivity contribution in [1.82, 2.24) is 24.0 Å². The molecule has 11 heteroatoms. The third-order valence-corrected chi connectivity index (χ3v) is 7.18. The van der Waals surface area contributed by atoms with E-state index in [2.05, 4.69) is 10.2 Å². The highest BCUT2D eigenvalue weighted by Crippen LogP contribution is 2.37. The van der Waals surface area contributed by atoms with Crippen molar-refractivity contribution >= 4 is 10.0 Å². The molecule has 0 saturated heterocycles. The molecule has 0 saturated carbocycles. The van der Waals surface area contributed by atoms with Crippen molar-refractivity contribution < 1.29 is 18.6 Å². The minimum atomic E-state index is -3.79. The predicted molar refractivity (Wildman–Crippen MR) is 125 cm³/mol. The average Bonchev–Trinajstić information content (AvgIpc) is 3.12. The second-order valence-corrected chi connectivity index (χ2v) is 10.4. The first-order valence-corrected chi connectivity index (χ1v) is 11.8. The lowest BCUT2D eigenvalue weighted by Crippen LogP contribution is -2.33. The number of likely N-dealkylation sites (N-methyl/N-ethyl adjacent to an activating group) is 2. The van der Waals surface area contributed by atoms with Gasteiger partial charge in [-0.3, -0.25) is 0 Å². The zero-order valence-electron chi connectivity index (χ0n) is 19.3. The van der Waals surface area contributed by atoms with Crippen LogP contribution in [-0.2, 0) is 10.0 Å². The molecule has 0 bridgehead atoms. The number of H-pyrrole nitrogens is 1. The van der Waals surface area contributed by atoms with Crippen LogP contribution < -0.4 is 5.69 Å². The van der Waals surface area contributed by atoms with Crippen molar-refractivity contribution in [2.75, 3.05) is 34.2 Å². The largest absolute Gasteiger partial charge is 0.508 e. The maximum absolute atomic E-state index is 13.0. The number of phenols is 2. The minimum absolute atomic E-state index is 0.0260. The molecule has 0 amide bonds. The van der Waals surface area contributed by atoms with Gasteiger partial charge in [0.25, 0.3) is 0 Å². The van der Waals surface area contributed by atoms with Crippen LogP contribution >= 0.6 is 0 Å². The number of nitrogens with zero attached hydrogens (tertiary/aromatic N) is 4. The normalized spacial score (nSPS) is 12.2.